The van der Waals surface area contributed by atoms with E-state index in [2.05, 4.69) is 4.74 Å². The van der Waals surface area contributed by atoms with Gasteiger partial charge in [0.2, 0.25) is 0 Å². The number of nitriles is 1. The molecule has 1 aromatic carbocycles. The summed E-state index contributed by atoms with van der Waals surface area (Å²) >= 11 is 1.21. The van der Waals surface area contributed by atoms with E-state index in [1.165, 1.54) is 35.6 Å². The second kappa shape index (κ2) is 5.06. The highest BCUT2D eigenvalue weighted by molar-refractivity contribution is 7.16. The average molecular weight is 298 g/mol. The van der Waals surface area contributed by atoms with Gasteiger partial charge in [0.1, 0.15) is 16.7 Å². The topological polar surface area (TPSA) is 59.0 Å². The molecule has 0 aliphatic heterocycles. The molecule has 7 heteroatoms. The van der Waals surface area contributed by atoms with Crippen LogP contribution in [0.2, 0.25) is 0 Å². The molecule has 0 saturated heterocycles. The fraction of sp³-hybridized carbons (Fsp3) is 0.154. The van der Waals surface area contributed by atoms with Gasteiger partial charge in [0.25, 0.3) is 0 Å². The van der Waals surface area contributed by atoms with Crippen LogP contribution in [0.4, 0.5) is 18.9 Å². The highest BCUT2D eigenvalue weighted by atomic mass is 32.1. The van der Waals surface area contributed by atoms with Crippen molar-refractivity contribution in [2.24, 2.45) is 0 Å². The van der Waals surface area contributed by atoms with E-state index in [0.29, 0.717) is 16.1 Å². The van der Waals surface area contributed by atoms with Crippen LogP contribution in [0.3, 0.4) is 0 Å². The van der Waals surface area contributed by atoms with Gasteiger partial charge in [0, 0.05) is 4.88 Å². The number of alkyl halides is 3. The Kier molecular flexibility index (Phi) is 3.59. The Balaban J connectivity index is 2.34. The average Bonchev–Trinajstić information content (AvgIpc) is 2.65. The molecule has 0 amide bonds. The smallest absolute Gasteiger partial charge is 0.406 e. The van der Waals surface area contributed by atoms with Gasteiger partial charge < -0.3 is 10.5 Å². The van der Waals surface area contributed by atoms with Crippen molar-refractivity contribution in [2.45, 2.75) is 13.3 Å². The summed E-state index contributed by atoms with van der Waals surface area (Å²) in [7, 11) is 0. The van der Waals surface area contributed by atoms with E-state index in [1.54, 1.807) is 6.92 Å². The molecule has 0 spiro atoms. The van der Waals surface area contributed by atoms with Crippen molar-refractivity contribution in [2.75, 3.05) is 5.73 Å². The zero-order chi connectivity index (χ0) is 14.9. The van der Waals surface area contributed by atoms with E-state index in [4.69, 9.17) is 11.0 Å². The molecule has 3 nitrogen and oxygen atoms in total. The molecular formula is C13H9F3N2OS. The second-order valence-electron chi connectivity index (χ2n) is 3.98. The number of thiophene rings is 1. The molecule has 0 fully saturated rings. The number of nitrogen functional groups attached to an aromatic ring is 1. The number of halogens is 3. The quantitative estimate of drug-likeness (QED) is 0.909. The molecule has 2 rings (SSSR count). The molecule has 0 aliphatic rings. The van der Waals surface area contributed by atoms with Crippen molar-refractivity contribution in [1.82, 2.24) is 0 Å². The van der Waals surface area contributed by atoms with Crippen LogP contribution in [-0.2, 0) is 0 Å². The third kappa shape index (κ3) is 2.86. The van der Waals surface area contributed by atoms with Gasteiger partial charge in [-0.3, -0.25) is 0 Å². The number of rotatable bonds is 2. The summed E-state index contributed by atoms with van der Waals surface area (Å²) in [5.41, 5.74) is 7.62. The monoisotopic (exact) mass is 298 g/mol. The largest absolute Gasteiger partial charge is 0.573 e. The summed E-state index contributed by atoms with van der Waals surface area (Å²) in [5.74, 6) is -0.288. The number of nitrogens with zero attached hydrogens (tertiary/aromatic N) is 1. The normalized spacial score (nSPS) is 11.2. The molecule has 0 unspecified atom stereocenters. The first kappa shape index (κ1) is 14.2. The lowest BCUT2D eigenvalue weighted by Crippen LogP contribution is -2.16. The van der Waals surface area contributed by atoms with Crippen LogP contribution in [0, 0.1) is 18.3 Å². The van der Waals surface area contributed by atoms with E-state index < -0.39 is 6.36 Å². The summed E-state index contributed by atoms with van der Waals surface area (Å²) in [6.07, 6.45) is -4.71. The molecule has 0 atom stereocenters. The fourth-order valence-electron chi connectivity index (χ4n) is 1.69. The Morgan fingerprint density at radius 2 is 1.85 bits per heavy atom. The van der Waals surface area contributed by atoms with Gasteiger partial charge in [-0.25, -0.2) is 0 Å². The van der Waals surface area contributed by atoms with E-state index in [1.807, 2.05) is 6.07 Å². The fourth-order valence-corrected chi connectivity index (χ4v) is 2.72. The van der Waals surface area contributed by atoms with Gasteiger partial charge in [-0.15, -0.1) is 24.5 Å². The van der Waals surface area contributed by atoms with Crippen LogP contribution < -0.4 is 10.5 Å². The van der Waals surface area contributed by atoms with Crippen molar-refractivity contribution in [1.29, 1.82) is 5.26 Å². The minimum atomic E-state index is -4.71. The minimum absolute atomic E-state index is 0.288. The molecule has 0 aliphatic carbocycles. The predicted octanol–water partition coefficient (Wildman–Crippen LogP) is 4.08. The number of hydrogen-bond donors (Lipinski definition) is 1. The molecule has 2 N–H and O–H groups in total. The number of anilines is 1. The first-order valence-corrected chi connectivity index (χ1v) is 6.28. The predicted molar refractivity (Wildman–Crippen MR) is 70.3 cm³/mol. The van der Waals surface area contributed by atoms with Crippen LogP contribution >= 0.6 is 11.3 Å². The SMILES string of the molecule is Cc1c(-c2ccc(OC(F)(F)F)cc2)sc(C#N)c1N. The van der Waals surface area contributed by atoms with Crippen molar-refractivity contribution >= 4 is 17.0 Å². The first-order valence-electron chi connectivity index (χ1n) is 5.47. The first-order chi connectivity index (χ1) is 9.31. The highest BCUT2D eigenvalue weighted by Gasteiger charge is 2.31. The van der Waals surface area contributed by atoms with Gasteiger partial charge in [-0.05, 0) is 42.3 Å². The summed E-state index contributed by atoms with van der Waals surface area (Å²) in [4.78, 5) is 1.16. The summed E-state index contributed by atoms with van der Waals surface area (Å²) in [6.45, 7) is 1.77. The van der Waals surface area contributed by atoms with E-state index in [0.717, 1.165) is 10.4 Å². The summed E-state index contributed by atoms with van der Waals surface area (Å²) in [5, 5.41) is 8.91. The zero-order valence-corrected chi connectivity index (χ0v) is 11.1. The lowest BCUT2D eigenvalue weighted by atomic mass is 10.1. The van der Waals surface area contributed by atoms with Gasteiger partial charge in [-0.1, -0.05) is 0 Å². The lowest BCUT2D eigenvalue weighted by Gasteiger charge is -2.09. The zero-order valence-electron chi connectivity index (χ0n) is 10.3. The van der Waals surface area contributed by atoms with Crippen molar-refractivity contribution < 1.29 is 17.9 Å². The number of hydrogen-bond acceptors (Lipinski definition) is 4. The molecular weight excluding hydrogens is 289 g/mol. The van der Waals surface area contributed by atoms with E-state index >= 15 is 0 Å². The van der Waals surface area contributed by atoms with Crippen molar-refractivity contribution in [3.8, 4) is 22.3 Å². The maximum absolute atomic E-state index is 12.1. The Bertz CT molecular complexity index is 669. The maximum Gasteiger partial charge on any atom is 0.573 e. The summed E-state index contributed by atoms with van der Waals surface area (Å²) < 4.78 is 40.0. The Labute approximate surface area is 117 Å². The lowest BCUT2D eigenvalue weighted by molar-refractivity contribution is -0.274. The van der Waals surface area contributed by atoms with E-state index in [-0.39, 0.29) is 5.75 Å². The second-order valence-corrected chi connectivity index (χ2v) is 5.00. The van der Waals surface area contributed by atoms with Crippen LogP contribution in [0.5, 0.6) is 5.75 Å². The van der Waals surface area contributed by atoms with Gasteiger partial charge in [-0.2, -0.15) is 5.26 Å². The van der Waals surface area contributed by atoms with Gasteiger partial charge >= 0.3 is 6.36 Å². The molecule has 20 heavy (non-hydrogen) atoms. The third-order valence-electron chi connectivity index (χ3n) is 2.64. The molecule has 2 aromatic rings. The molecule has 1 aromatic heterocycles. The van der Waals surface area contributed by atoms with Crippen LogP contribution in [0.15, 0.2) is 24.3 Å². The maximum atomic E-state index is 12.1. The van der Waals surface area contributed by atoms with Crippen LogP contribution in [0.25, 0.3) is 10.4 Å². The Hall–Kier alpha value is -2.20. The van der Waals surface area contributed by atoms with Crippen LogP contribution in [0.1, 0.15) is 10.4 Å². The van der Waals surface area contributed by atoms with E-state index in [9.17, 15) is 13.2 Å². The molecule has 0 radical (unpaired) electrons. The molecule has 1 heterocycles. The Morgan fingerprint density at radius 1 is 1.25 bits per heavy atom. The van der Waals surface area contributed by atoms with Crippen molar-refractivity contribution in [3.63, 3.8) is 0 Å². The number of benzene rings is 1. The summed E-state index contributed by atoms with van der Waals surface area (Å²) in [6, 6.07) is 7.44. The van der Waals surface area contributed by atoms with Gasteiger partial charge in [0.05, 0.1) is 5.69 Å². The number of ether oxygens (including phenoxy) is 1. The number of nitrogens with two attached hydrogens (primary N) is 1. The molecule has 0 bridgehead atoms. The van der Waals surface area contributed by atoms with Crippen molar-refractivity contribution in [3.05, 3.63) is 34.7 Å². The highest BCUT2D eigenvalue weighted by Crippen LogP contribution is 2.38. The molecule has 104 valence electrons. The Morgan fingerprint density at radius 3 is 2.30 bits per heavy atom. The molecule has 0 saturated carbocycles. The standard InChI is InChI=1S/C13H9F3N2OS/c1-7-11(18)10(6-17)20-12(7)8-2-4-9(5-3-8)19-13(14,15)16/h2-5H,18H2,1H3. The van der Waals surface area contributed by atoms with Crippen LogP contribution in [-0.4, -0.2) is 6.36 Å². The third-order valence-corrected chi connectivity index (χ3v) is 3.91. The van der Waals surface area contributed by atoms with Gasteiger partial charge in [0.15, 0.2) is 0 Å². The minimum Gasteiger partial charge on any atom is -0.406 e.